The first-order valence-corrected chi connectivity index (χ1v) is 7.35. The molecule has 1 aromatic heterocycles. The summed E-state index contributed by atoms with van der Waals surface area (Å²) in [5, 5.41) is 3.57. The third-order valence-electron chi connectivity index (χ3n) is 4.22. The van der Waals surface area contributed by atoms with E-state index >= 15 is 0 Å². The van der Waals surface area contributed by atoms with E-state index in [-0.39, 0.29) is 6.10 Å². The molecular formula is C15H23N3O. The van der Waals surface area contributed by atoms with Crippen LogP contribution < -0.4 is 10.2 Å². The number of nitrogens with one attached hydrogen (secondary N) is 1. The average Bonchev–Trinajstić information content (AvgIpc) is 3.04. The zero-order chi connectivity index (χ0) is 13.2. The highest BCUT2D eigenvalue weighted by molar-refractivity contribution is 5.54. The smallest absolute Gasteiger partial charge is 0.128 e. The van der Waals surface area contributed by atoms with Crippen molar-refractivity contribution in [1.82, 2.24) is 4.98 Å². The first kappa shape index (κ1) is 12.7. The summed E-state index contributed by atoms with van der Waals surface area (Å²) in [7, 11) is 0. The standard InChI is InChI=1S/C15H23N3O/c1-11-13(17-14-7-10-19-12(14)2)5-6-15(16-11)18-8-3-4-9-18/h5-6,12,14,17H,3-4,7-10H2,1-2H3. The fraction of sp³-hybridized carbons (Fsp3) is 0.667. The number of nitrogens with zero attached hydrogens (tertiary/aromatic N) is 2. The molecule has 2 fully saturated rings. The molecule has 2 atom stereocenters. The molecule has 1 aromatic rings. The lowest BCUT2D eigenvalue weighted by Crippen LogP contribution is -2.27. The molecule has 0 bridgehead atoms. The van der Waals surface area contributed by atoms with Gasteiger partial charge in [0, 0.05) is 19.7 Å². The predicted octanol–water partition coefficient (Wildman–Crippen LogP) is 2.58. The minimum Gasteiger partial charge on any atom is -0.378 e. The predicted molar refractivity (Wildman–Crippen MR) is 77.9 cm³/mol. The molecule has 19 heavy (non-hydrogen) atoms. The van der Waals surface area contributed by atoms with Crippen molar-refractivity contribution in [2.75, 3.05) is 29.9 Å². The van der Waals surface area contributed by atoms with Crippen LogP contribution in [-0.4, -0.2) is 36.8 Å². The van der Waals surface area contributed by atoms with Crippen LogP contribution in [0.4, 0.5) is 11.5 Å². The Hall–Kier alpha value is -1.29. The van der Waals surface area contributed by atoms with Crippen LogP contribution in [0.5, 0.6) is 0 Å². The Balaban J connectivity index is 1.72. The number of rotatable bonds is 3. The van der Waals surface area contributed by atoms with E-state index in [2.05, 4.69) is 36.2 Å². The molecule has 0 aromatic carbocycles. The first-order valence-electron chi connectivity index (χ1n) is 7.35. The van der Waals surface area contributed by atoms with Crippen molar-refractivity contribution in [3.05, 3.63) is 17.8 Å². The maximum atomic E-state index is 5.59. The SMILES string of the molecule is Cc1nc(N2CCCC2)ccc1NC1CCOC1C. The first-order chi connectivity index (χ1) is 9.24. The van der Waals surface area contributed by atoms with Crippen LogP contribution in [0.2, 0.25) is 0 Å². The molecule has 3 heterocycles. The van der Waals surface area contributed by atoms with Crippen molar-refractivity contribution < 1.29 is 4.74 Å². The van der Waals surface area contributed by atoms with Crippen molar-refractivity contribution in [1.29, 1.82) is 0 Å². The van der Waals surface area contributed by atoms with E-state index in [1.165, 1.54) is 12.8 Å². The highest BCUT2D eigenvalue weighted by Crippen LogP contribution is 2.24. The summed E-state index contributed by atoms with van der Waals surface area (Å²) < 4.78 is 5.59. The summed E-state index contributed by atoms with van der Waals surface area (Å²) in [6.07, 6.45) is 3.95. The van der Waals surface area contributed by atoms with Gasteiger partial charge in [0.25, 0.3) is 0 Å². The zero-order valence-electron chi connectivity index (χ0n) is 11.9. The van der Waals surface area contributed by atoms with E-state index < -0.39 is 0 Å². The number of aryl methyl sites for hydroxylation is 1. The third kappa shape index (κ3) is 2.68. The molecule has 4 heteroatoms. The van der Waals surface area contributed by atoms with Crippen molar-refractivity contribution in [3.8, 4) is 0 Å². The zero-order valence-corrected chi connectivity index (χ0v) is 11.9. The van der Waals surface area contributed by atoms with E-state index in [0.717, 1.165) is 43.3 Å². The number of hydrogen-bond donors (Lipinski definition) is 1. The van der Waals surface area contributed by atoms with E-state index in [9.17, 15) is 0 Å². The maximum absolute atomic E-state index is 5.59. The molecule has 0 amide bonds. The third-order valence-corrected chi connectivity index (χ3v) is 4.22. The molecule has 2 unspecified atom stereocenters. The van der Waals surface area contributed by atoms with Crippen LogP contribution >= 0.6 is 0 Å². The summed E-state index contributed by atoms with van der Waals surface area (Å²) in [5.74, 6) is 1.12. The molecule has 0 aliphatic carbocycles. The number of ether oxygens (including phenoxy) is 1. The topological polar surface area (TPSA) is 37.4 Å². The van der Waals surface area contributed by atoms with Crippen LogP contribution in [0, 0.1) is 6.92 Å². The summed E-state index contributed by atoms with van der Waals surface area (Å²) >= 11 is 0. The highest BCUT2D eigenvalue weighted by atomic mass is 16.5. The van der Waals surface area contributed by atoms with Gasteiger partial charge in [0.15, 0.2) is 0 Å². The van der Waals surface area contributed by atoms with Gasteiger partial charge in [-0.05, 0) is 45.2 Å². The lowest BCUT2D eigenvalue weighted by atomic mass is 10.1. The quantitative estimate of drug-likeness (QED) is 0.907. The second-order valence-corrected chi connectivity index (χ2v) is 5.61. The van der Waals surface area contributed by atoms with Crippen molar-refractivity contribution >= 4 is 11.5 Å². The van der Waals surface area contributed by atoms with Crippen molar-refractivity contribution in [2.45, 2.75) is 45.3 Å². The number of pyridine rings is 1. The van der Waals surface area contributed by atoms with Gasteiger partial charge in [-0.1, -0.05) is 0 Å². The van der Waals surface area contributed by atoms with E-state index in [4.69, 9.17) is 9.72 Å². The summed E-state index contributed by atoms with van der Waals surface area (Å²) in [5.41, 5.74) is 2.23. The molecule has 104 valence electrons. The lowest BCUT2D eigenvalue weighted by Gasteiger charge is -2.21. The van der Waals surface area contributed by atoms with Gasteiger partial charge in [-0.25, -0.2) is 4.98 Å². The molecule has 0 saturated carbocycles. The average molecular weight is 261 g/mol. The Labute approximate surface area is 115 Å². The normalized spacial score (nSPS) is 26.9. The van der Waals surface area contributed by atoms with Gasteiger partial charge < -0.3 is 15.0 Å². The van der Waals surface area contributed by atoms with Crippen molar-refractivity contribution in [2.24, 2.45) is 0 Å². The van der Waals surface area contributed by atoms with Gasteiger partial charge in [0.2, 0.25) is 0 Å². The minimum atomic E-state index is 0.289. The fourth-order valence-corrected chi connectivity index (χ4v) is 2.94. The molecule has 0 spiro atoms. The van der Waals surface area contributed by atoms with Crippen LogP contribution in [0.25, 0.3) is 0 Å². The second-order valence-electron chi connectivity index (χ2n) is 5.61. The molecule has 2 aliphatic heterocycles. The minimum absolute atomic E-state index is 0.289. The summed E-state index contributed by atoms with van der Waals surface area (Å²) in [6.45, 7) is 7.37. The van der Waals surface area contributed by atoms with Gasteiger partial charge >= 0.3 is 0 Å². The molecular weight excluding hydrogens is 238 g/mol. The van der Waals surface area contributed by atoms with E-state index in [0.29, 0.717) is 6.04 Å². The van der Waals surface area contributed by atoms with Gasteiger partial charge in [0.1, 0.15) is 5.82 Å². The Morgan fingerprint density at radius 2 is 2.11 bits per heavy atom. The molecule has 1 N–H and O–H groups in total. The Morgan fingerprint density at radius 1 is 1.32 bits per heavy atom. The lowest BCUT2D eigenvalue weighted by molar-refractivity contribution is 0.121. The molecule has 3 rings (SSSR count). The van der Waals surface area contributed by atoms with Gasteiger partial charge in [-0.2, -0.15) is 0 Å². The molecule has 0 radical (unpaired) electrons. The van der Waals surface area contributed by atoms with Gasteiger partial charge in [0.05, 0.1) is 23.5 Å². The van der Waals surface area contributed by atoms with Crippen LogP contribution in [-0.2, 0) is 4.74 Å². The summed E-state index contributed by atoms with van der Waals surface area (Å²) in [4.78, 5) is 7.12. The van der Waals surface area contributed by atoms with E-state index in [1.54, 1.807) is 0 Å². The molecule has 2 saturated heterocycles. The molecule has 2 aliphatic rings. The largest absolute Gasteiger partial charge is 0.378 e. The monoisotopic (exact) mass is 261 g/mol. The van der Waals surface area contributed by atoms with Crippen LogP contribution in [0.15, 0.2) is 12.1 Å². The number of anilines is 2. The highest BCUT2D eigenvalue weighted by Gasteiger charge is 2.24. The second kappa shape index (κ2) is 5.37. The maximum Gasteiger partial charge on any atom is 0.128 e. The fourth-order valence-electron chi connectivity index (χ4n) is 2.94. The Morgan fingerprint density at radius 3 is 2.74 bits per heavy atom. The van der Waals surface area contributed by atoms with Gasteiger partial charge in [-0.15, -0.1) is 0 Å². The van der Waals surface area contributed by atoms with Gasteiger partial charge in [-0.3, -0.25) is 0 Å². The Kier molecular flexibility index (Phi) is 3.60. The number of aromatic nitrogens is 1. The Bertz CT molecular complexity index is 443. The summed E-state index contributed by atoms with van der Waals surface area (Å²) in [6, 6.07) is 4.72. The molecule has 4 nitrogen and oxygen atoms in total. The number of hydrogen-bond acceptors (Lipinski definition) is 4. The van der Waals surface area contributed by atoms with Crippen LogP contribution in [0.1, 0.15) is 31.9 Å². The van der Waals surface area contributed by atoms with Crippen molar-refractivity contribution in [3.63, 3.8) is 0 Å². The van der Waals surface area contributed by atoms with Crippen LogP contribution in [0.3, 0.4) is 0 Å². The van der Waals surface area contributed by atoms with E-state index in [1.807, 2.05) is 0 Å².